The molecule has 5 nitrogen and oxygen atoms in total. The molecule has 0 radical (unpaired) electrons. The first-order valence-corrected chi connectivity index (χ1v) is 7.11. The standard InChI is InChI=1S/C16H24N2O3/c1-5-18(15-8-6-7-13(2)11-15)16(20)12-17(14(3)19)9-10-21-4/h6-8,11H,5,9-10,12H2,1-4H3. The molecule has 21 heavy (non-hydrogen) atoms. The second kappa shape index (κ2) is 8.42. The second-order valence-electron chi connectivity index (χ2n) is 4.91. The molecule has 1 aromatic rings. The number of amides is 2. The van der Waals surface area contributed by atoms with Crippen LogP contribution in [0, 0.1) is 6.92 Å². The fourth-order valence-electron chi connectivity index (χ4n) is 2.10. The Hall–Kier alpha value is -1.88. The van der Waals surface area contributed by atoms with Gasteiger partial charge in [0.05, 0.1) is 6.61 Å². The van der Waals surface area contributed by atoms with Crippen LogP contribution < -0.4 is 4.90 Å². The van der Waals surface area contributed by atoms with Crippen molar-refractivity contribution in [2.24, 2.45) is 0 Å². The van der Waals surface area contributed by atoms with Gasteiger partial charge in [-0.25, -0.2) is 0 Å². The molecule has 0 unspecified atom stereocenters. The molecule has 0 aromatic heterocycles. The summed E-state index contributed by atoms with van der Waals surface area (Å²) < 4.78 is 4.97. The summed E-state index contributed by atoms with van der Waals surface area (Å²) in [6, 6.07) is 7.78. The summed E-state index contributed by atoms with van der Waals surface area (Å²) in [5.74, 6) is -0.213. The van der Waals surface area contributed by atoms with Crippen LogP contribution in [0.2, 0.25) is 0 Å². The summed E-state index contributed by atoms with van der Waals surface area (Å²) in [4.78, 5) is 27.2. The van der Waals surface area contributed by atoms with Crippen molar-refractivity contribution in [1.82, 2.24) is 4.90 Å². The normalized spacial score (nSPS) is 10.3. The average Bonchev–Trinajstić information content (AvgIpc) is 2.44. The molecule has 0 heterocycles. The lowest BCUT2D eigenvalue weighted by Gasteiger charge is -2.26. The molecule has 0 aliphatic heterocycles. The van der Waals surface area contributed by atoms with E-state index >= 15 is 0 Å². The van der Waals surface area contributed by atoms with Crippen LogP contribution in [0.25, 0.3) is 0 Å². The molecule has 2 amide bonds. The molecule has 0 bridgehead atoms. The van der Waals surface area contributed by atoms with Gasteiger partial charge in [0.25, 0.3) is 0 Å². The minimum atomic E-state index is -0.124. The Morgan fingerprint density at radius 3 is 2.52 bits per heavy atom. The van der Waals surface area contributed by atoms with Crippen LogP contribution in [-0.2, 0) is 14.3 Å². The number of nitrogens with zero attached hydrogens (tertiary/aromatic N) is 2. The maximum atomic E-state index is 12.5. The molecule has 0 fully saturated rings. The van der Waals surface area contributed by atoms with Crippen molar-refractivity contribution in [3.63, 3.8) is 0 Å². The van der Waals surface area contributed by atoms with Gasteiger partial charge in [0, 0.05) is 32.8 Å². The lowest BCUT2D eigenvalue weighted by molar-refractivity contribution is -0.134. The third-order valence-electron chi connectivity index (χ3n) is 3.27. The first kappa shape index (κ1) is 17.2. The van der Waals surface area contributed by atoms with Gasteiger partial charge in [0.15, 0.2) is 0 Å². The maximum Gasteiger partial charge on any atom is 0.246 e. The number of carbonyl (C=O) groups excluding carboxylic acids is 2. The second-order valence-corrected chi connectivity index (χ2v) is 4.91. The van der Waals surface area contributed by atoms with Crippen LogP contribution >= 0.6 is 0 Å². The zero-order valence-electron chi connectivity index (χ0n) is 13.3. The number of rotatable bonds is 7. The Morgan fingerprint density at radius 1 is 1.29 bits per heavy atom. The number of benzene rings is 1. The largest absolute Gasteiger partial charge is 0.383 e. The van der Waals surface area contributed by atoms with Gasteiger partial charge in [0.2, 0.25) is 11.8 Å². The van der Waals surface area contributed by atoms with Gasteiger partial charge in [-0.1, -0.05) is 12.1 Å². The highest BCUT2D eigenvalue weighted by atomic mass is 16.5. The van der Waals surface area contributed by atoms with Gasteiger partial charge in [0.1, 0.15) is 6.54 Å². The molecule has 0 N–H and O–H groups in total. The van der Waals surface area contributed by atoms with Crippen LogP contribution in [0.5, 0.6) is 0 Å². The Bertz CT molecular complexity index is 488. The molecular formula is C16H24N2O3. The Labute approximate surface area is 126 Å². The number of carbonyl (C=O) groups is 2. The van der Waals surface area contributed by atoms with E-state index in [0.29, 0.717) is 19.7 Å². The van der Waals surface area contributed by atoms with E-state index in [1.54, 1.807) is 12.0 Å². The minimum absolute atomic E-state index is 0.0699. The van der Waals surface area contributed by atoms with E-state index in [4.69, 9.17) is 4.74 Å². The van der Waals surface area contributed by atoms with Crippen molar-refractivity contribution in [3.8, 4) is 0 Å². The number of methoxy groups -OCH3 is 1. The van der Waals surface area contributed by atoms with Crippen molar-refractivity contribution in [3.05, 3.63) is 29.8 Å². The molecule has 0 saturated heterocycles. The summed E-state index contributed by atoms with van der Waals surface area (Å²) in [5, 5.41) is 0. The Kier molecular flexibility index (Phi) is 6.88. The fourth-order valence-corrected chi connectivity index (χ4v) is 2.10. The van der Waals surface area contributed by atoms with Crippen LogP contribution in [0.4, 0.5) is 5.69 Å². The Balaban J connectivity index is 2.80. The Morgan fingerprint density at radius 2 is 2.00 bits per heavy atom. The highest BCUT2D eigenvalue weighted by molar-refractivity contribution is 5.96. The van der Waals surface area contributed by atoms with Gasteiger partial charge in [-0.2, -0.15) is 0 Å². The van der Waals surface area contributed by atoms with Gasteiger partial charge < -0.3 is 14.5 Å². The quantitative estimate of drug-likeness (QED) is 0.770. The van der Waals surface area contributed by atoms with Crippen molar-refractivity contribution >= 4 is 17.5 Å². The predicted octanol–water partition coefficient (Wildman–Crippen LogP) is 1.84. The summed E-state index contributed by atoms with van der Waals surface area (Å²) in [7, 11) is 1.57. The van der Waals surface area contributed by atoms with E-state index in [0.717, 1.165) is 11.3 Å². The lowest BCUT2D eigenvalue weighted by Crippen LogP contribution is -2.43. The lowest BCUT2D eigenvalue weighted by atomic mass is 10.2. The molecule has 116 valence electrons. The van der Waals surface area contributed by atoms with Crippen LogP contribution in [0.15, 0.2) is 24.3 Å². The van der Waals surface area contributed by atoms with Crippen molar-refractivity contribution in [2.75, 3.05) is 38.3 Å². The number of likely N-dealkylation sites (N-methyl/N-ethyl adjacent to an activating group) is 1. The molecule has 0 spiro atoms. The van der Waals surface area contributed by atoms with E-state index in [9.17, 15) is 9.59 Å². The summed E-state index contributed by atoms with van der Waals surface area (Å²) in [6.45, 7) is 6.85. The topological polar surface area (TPSA) is 49.9 Å². The SMILES string of the molecule is CCN(C(=O)CN(CCOC)C(C)=O)c1cccc(C)c1. The van der Waals surface area contributed by atoms with E-state index in [1.165, 1.54) is 11.8 Å². The number of hydrogen-bond donors (Lipinski definition) is 0. The molecule has 0 aliphatic carbocycles. The molecular weight excluding hydrogens is 268 g/mol. The van der Waals surface area contributed by atoms with Gasteiger partial charge in [-0.15, -0.1) is 0 Å². The zero-order chi connectivity index (χ0) is 15.8. The summed E-state index contributed by atoms with van der Waals surface area (Å²) in [6.07, 6.45) is 0. The summed E-state index contributed by atoms with van der Waals surface area (Å²) >= 11 is 0. The molecule has 0 atom stereocenters. The molecule has 1 aromatic carbocycles. The fraction of sp³-hybridized carbons (Fsp3) is 0.500. The minimum Gasteiger partial charge on any atom is -0.383 e. The number of ether oxygens (including phenoxy) is 1. The average molecular weight is 292 g/mol. The number of hydrogen-bond acceptors (Lipinski definition) is 3. The summed E-state index contributed by atoms with van der Waals surface area (Å²) in [5.41, 5.74) is 1.96. The number of aryl methyl sites for hydroxylation is 1. The molecule has 1 rings (SSSR count). The first-order chi connectivity index (χ1) is 9.99. The van der Waals surface area contributed by atoms with E-state index in [-0.39, 0.29) is 18.4 Å². The highest BCUT2D eigenvalue weighted by Crippen LogP contribution is 2.16. The third kappa shape index (κ3) is 5.19. The smallest absolute Gasteiger partial charge is 0.246 e. The van der Waals surface area contributed by atoms with E-state index in [2.05, 4.69) is 0 Å². The number of anilines is 1. The highest BCUT2D eigenvalue weighted by Gasteiger charge is 2.19. The van der Waals surface area contributed by atoms with Crippen molar-refractivity contribution in [2.45, 2.75) is 20.8 Å². The monoisotopic (exact) mass is 292 g/mol. The van der Waals surface area contributed by atoms with Crippen LogP contribution in [-0.4, -0.2) is 50.1 Å². The molecule has 0 saturated carbocycles. The van der Waals surface area contributed by atoms with Crippen molar-refractivity contribution < 1.29 is 14.3 Å². The van der Waals surface area contributed by atoms with Crippen LogP contribution in [0.3, 0.4) is 0 Å². The van der Waals surface area contributed by atoms with E-state index in [1.807, 2.05) is 38.1 Å². The van der Waals surface area contributed by atoms with Gasteiger partial charge >= 0.3 is 0 Å². The van der Waals surface area contributed by atoms with Gasteiger partial charge in [-0.05, 0) is 31.5 Å². The maximum absolute atomic E-state index is 12.5. The van der Waals surface area contributed by atoms with E-state index < -0.39 is 0 Å². The third-order valence-corrected chi connectivity index (χ3v) is 3.27. The van der Waals surface area contributed by atoms with Crippen molar-refractivity contribution in [1.29, 1.82) is 0 Å². The molecule has 0 aliphatic rings. The zero-order valence-corrected chi connectivity index (χ0v) is 13.3. The van der Waals surface area contributed by atoms with Gasteiger partial charge in [-0.3, -0.25) is 9.59 Å². The van der Waals surface area contributed by atoms with Crippen LogP contribution in [0.1, 0.15) is 19.4 Å². The first-order valence-electron chi connectivity index (χ1n) is 7.11. The molecule has 5 heteroatoms. The predicted molar refractivity (Wildman–Crippen MR) is 83.3 cm³/mol.